The Bertz CT molecular complexity index is 451. The Kier molecular flexibility index (Phi) is 3.58. The maximum absolute atomic E-state index is 12.2. The number of H-pyrrole nitrogens is 1. The van der Waals surface area contributed by atoms with Crippen molar-refractivity contribution in [2.75, 3.05) is 13.2 Å². The molecule has 5 nitrogen and oxygen atoms in total. The van der Waals surface area contributed by atoms with Crippen molar-refractivity contribution in [2.45, 2.75) is 25.3 Å². The fourth-order valence-electron chi connectivity index (χ4n) is 2.00. The number of carbonyl (C=O) groups excluding carboxylic acids is 1. The summed E-state index contributed by atoms with van der Waals surface area (Å²) in [5.74, 6) is -0.286. The smallest absolute Gasteiger partial charge is 0.260 e. The van der Waals surface area contributed by atoms with Gasteiger partial charge >= 0.3 is 0 Å². The SMILES string of the molecule is O=C(c1ccc[nH]c1=O)N(CCO)C1CCC1. The average Bonchev–Trinajstić information content (AvgIpc) is 2.26. The van der Waals surface area contributed by atoms with Crippen LogP contribution in [0.4, 0.5) is 0 Å². The van der Waals surface area contributed by atoms with E-state index in [0.29, 0.717) is 0 Å². The molecule has 0 bridgehead atoms. The first kappa shape index (κ1) is 11.9. The van der Waals surface area contributed by atoms with E-state index < -0.39 is 0 Å². The molecule has 1 aliphatic carbocycles. The fraction of sp³-hybridized carbons (Fsp3) is 0.500. The van der Waals surface area contributed by atoms with Crippen molar-refractivity contribution in [3.05, 3.63) is 34.2 Å². The quantitative estimate of drug-likeness (QED) is 0.792. The van der Waals surface area contributed by atoms with Crippen molar-refractivity contribution in [1.29, 1.82) is 0 Å². The van der Waals surface area contributed by atoms with Crippen LogP contribution in [0.25, 0.3) is 0 Å². The highest BCUT2D eigenvalue weighted by atomic mass is 16.3. The van der Waals surface area contributed by atoms with E-state index in [2.05, 4.69) is 4.98 Å². The molecule has 92 valence electrons. The van der Waals surface area contributed by atoms with E-state index in [-0.39, 0.29) is 36.2 Å². The van der Waals surface area contributed by atoms with E-state index in [4.69, 9.17) is 5.11 Å². The van der Waals surface area contributed by atoms with Gasteiger partial charge in [-0.05, 0) is 31.4 Å². The van der Waals surface area contributed by atoms with Crippen LogP contribution in [0, 0.1) is 0 Å². The normalized spacial score (nSPS) is 15.4. The largest absolute Gasteiger partial charge is 0.395 e. The highest BCUT2D eigenvalue weighted by molar-refractivity contribution is 5.94. The summed E-state index contributed by atoms with van der Waals surface area (Å²) in [5, 5.41) is 8.99. The van der Waals surface area contributed by atoms with E-state index >= 15 is 0 Å². The van der Waals surface area contributed by atoms with Crippen molar-refractivity contribution in [3.63, 3.8) is 0 Å². The Labute approximate surface area is 99.1 Å². The number of aliphatic hydroxyl groups is 1. The molecule has 0 aromatic carbocycles. The highest BCUT2D eigenvalue weighted by Crippen LogP contribution is 2.25. The molecule has 1 aromatic heterocycles. The van der Waals surface area contributed by atoms with Gasteiger partial charge in [0.1, 0.15) is 5.56 Å². The molecular weight excluding hydrogens is 220 g/mol. The minimum Gasteiger partial charge on any atom is -0.395 e. The van der Waals surface area contributed by atoms with Crippen molar-refractivity contribution in [3.8, 4) is 0 Å². The molecule has 0 unspecified atom stereocenters. The summed E-state index contributed by atoms with van der Waals surface area (Å²) >= 11 is 0. The first-order chi connectivity index (χ1) is 8.24. The van der Waals surface area contributed by atoms with Crippen LogP contribution in [0.15, 0.2) is 23.1 Å². The summed E-state index contributed by atoms with van der Waals surface area (Å²) in [7, 11) is 0. The van der Waals surface area contributed by atoms with Gasteiger partial charge < -0.3 is 15.0 Å². The zero-order valence-corrected chi connectivity index (χ0v) is 9.56. The summed E-state index contributed by atoms with van der Waals surface area (Å²) in [6.45, 7) is 0.213. The van der Waals surface area contributed by atoms with E-state index in [9.17, 15) is 9.59 Å². The predicted octanol–water partition coefficient (Wildman–Crippen LogP) is 0.362. The molecular formula is C12H16N2O3. The van der Waals surface area contributed by atoms with Gasteiger partial charge in [-0.2, -0.15) is 0 Å². The molecule has 0 spiro atoms. The lowest BCUT2D eigenvalue weighted by atomic mass is 9.91. The van der Waals surface area contributed by atoms with Gasteiger partial charge in [-0.3, -0.25) is 9.59 Å². The Morgan fingerprint density at radius 2 is 2.29 bits per heavy atom. The molecule has 1 heterocycles. The van der Waals surface area contributed by atoms with Gasteiger partial charge in [0.2, 0.25) is 0 Å². The van der Waals surface area contributed by atoms with Crippen molar-refractivity contribution in [1.82, 2.24) is 9.88 Å². The molecule has 1 amide bonds. The first-order valence-electron chi connectivity index (χ1n) is 5.83. The molecule has 2 N–H and O–H groups in total. The number of aromatic nitrogens is 1. The van der Waals surface area contributed by atoms with E-state index in [1.165, 1.54) is 12.3 Å². The second-order valence-corrected chi connectivity index (χ2v) is 4.22. The number of aliphatic hydroxyl groups excluding tert-OH is 1. The number of hydrogen-bond donors (Lipinski definition) is 2. The lowest BCUT2D eigenvalue weighted by molar-refractivity contribution is 0.0524. The van der Waals surface area contributed by atoms with Crippen LogP contribution in [-0.2, 0) is 0 Å². The third kappa shape index (κ3) is 2.39. The molecule has 0 aliphatic heterocycles. The molecule has 1 aromatic rings. The maximum Gasteiger partial charge on any atom is 0.260 e. The fourth-order valence-corrected chi connectivity index (χ4v) is 2.00. The van der Waals surface area contributed by atoms with Crippen molar-refractivity contribution in [2.24, 2.45) is 0 Å². The van der Waals surface area contributed by atoms with Crippen LogP contribution in [-0.4, -0.2) is 40.1 Å². The molecule has 17 heavy (non-hydrogen) atoms. The van der Waals surface area contributed by atoms with Gasteiger partial charge in [-0.25, -0.2) is 0 Å². The minimum absolute atomic E-state index is 0.0764. The molecule has 0 radical (unpaired) electrons. The third-order valence-electron chi connectivity index (χ3n) is 3.17. The lowest BCUT2D eigenvalue weighted by Gasteiger charge is -2.37. The molecule has 0 atom stereocenters. The first-order valence-corrected chi connectivity index (χ1v) is 5.83. The van der Waals surface area contributed by atoms with Crippen LogP contribution in [0.3, 0.4) is 0 Å². The number of carbonyl (C=O) groups is 1. The van der Waals surface area contributed by atoms with Crippen LogP contribution in [0.2, 0.25) is 0 Å². The van der Waals surface area contributed by atoms with Gasteiger partial charge in [0.25, 0.3) is 11.5 Å². The Hall–Kier alpha value is -1.62. The number of nitrogens with one attached hydrogen (secondary N) is 1. The Balaban J connectivity index is 2.21. The van der Waals surface area contributed by atoms with Crippen molar-refractivity contribution < 1.29 is 9.90 Å². The van der Waals surface area contributed by atoms with Gasteiger partial charge in [-0.15, -0.1) is 0 Å². The number of hydrogen-bond acceptors (Lipinski definition) is 3. The highest BCUT2D eigenvalue weighted by Gasteiger charge is 2.29. The number of aromatic amines is 1. The summed E-state index contributed by atoms with van der Waals surface area (Å²) in [6.07, 6.45) is 4.51. The monoisotopic (exact) mass is 236 g/mol. The van der Waals surface area contributed by atoms with Crippen LogP contribution >= 0.6 is 0 Å². The minimum atomic E-state index is -0.375. The second kappa shape index (κ2) is 5.14. The summed E-state index contributed by atoms with van der Waals surface area (Å²) in [4.78, 5) is 27.8. The molecule has 5 heteroatoms. The molecule has 1 saturated carbocycles. The van der Waals surface area contributed by atoms with Crippen LogP contribution in [0.1, 0.15) is 29.6 Å². The molecule has 0 saturated heterocycles. The van der Waals surface area contributed by atoms with Crippen LogP contribution in [0.5, 0.6) is 0 Å². The number of amides is 1. The van der Waals surface area contributed by atoms with Crippen LogP contribution < -0.4 is 5.56 Å². The standard InChI is InChI=1S/C12H16N2O3/c15-8-7-14(9-3-1-4-9)12(17)10-5-2-6-13-11(10)16/h2,5-6,9,15H,1,3-4,7-8H2,(H,13,16). The molecule has 1 fully saturated rings. The summed E-state index contributed by atoms with van der Waals surface area (Å²) in [6, 6.07) is 3.32. The topological polar surface area (TPSA) is 73.4 Å². The third-order valence-corrected chi connectivity index (χ3v) is 3.17. The average molecular weight is 236 g/mol. The maximum atomic E-state index is 12.2. The lowest BCUT2D eigenvalue weighted by Crippen LogP contribution is -2.47. The molecule has 2 rings (SSSR count). The number of nitrogens with zero attached hydrogens (tertiary/aromatic N) is 1. The van der Waals surface area contributed by atoms with Gasteiger partial charge in [0.05, 0.1) is 6.61 Å². The van der Waals surface area contributed by atoms with Gasteiger partial charge in [0, 0.05) is 18.8 Å². The zero-order valence-electron chi connectivity index (χ0n) is 9.56. The predicted molar refractivity (Wildman–Crippen MR) is 62.8 cm³/mol. The van der Waals surface area contributed by atoms with Crippen molar-refractivity contribution >= 4 is 5.91 Å². The molecule has 1 aliphatic rings. The summed E-state index contributed by atoms with van der Waals surface area (Å²) in [5.41, 5.74) is -0.229. The summed E-state index contributed by atoms with van der Waals surface area (Å²) < 4.78 is 0. The van der Waals surface area contributed by atoms with E-state index in [0.717, 1.165) is 19.3 Å². The number of rotatable bonds is 4. The van der Waals surface area contributed by atoms with Gasteiger partial charge in [-0.1, -0.05) is 0 Å². The zero-order chi connectivity index (χ0) is 12.3. The van der Waals surface area contributed by atoms with E-state index in [1.807, 2.05) is 0 Å². The Morgan fingerprint density at radius 3 is 2.82 bits per heavy atom. The number of pyridine rings is 1. The Morgan fingerprint density at radius 1 is 1.53 bits per heavy atom. The second-order valence-electron chi connectivity index (χ2n) is 4.22. The van der Waals surface area contributed by atoms with Gasteiger partial charge in [0.15, 0.2) is 0 Å². The van der Waals surface area contributed by atoms with E-state index in [1.54, 1.807) is 11.0 Å².